The number of anilines is 2. The normalized spacial score (nSPS) is 13.2. The molecular weight excluding hydrogens is 440 g/mol. The number of amides is 2. The first-order valence-corrected chi connectivity index (χ1v) is 11.7. The van der Waals surface area contributed by atoms with Crippen LogP contribution in [0.1, 0.15) is 20.7 Å². The monoisotopic (exact) mass is 464 g/mol. The molecule has 0 aromatic heterocycles. The van der Waals surface area contributed by atoms with Crippen LogP contribution in [0.25, 0.3) is 0 Å². The number of fused-ring (bicyclic) bond motifs is 1. The van der Waals surface area contributed by atoms with Crippen LogP contribution in [0.2, 0.25) is 0 Å². The number of nitrogen functional groups attached to an aromatic ring is 2. The molecule has 6 nitrogen and oxygen atoms in total. The number of imide groups is 1. The third-order valence-electron chi connectivity index (χ3n) is 5.02. The Morgan fingerprint density at radius 1 is 0.750 bits per heavy atom. The van der Waals surface area contributed by atoms with Crippen LogP contribution in [0, 0.1) is 0 Å². The summed E-state index contributed by atoms with van der Waals surface area (Å²) in [6, 6.07) is 18.9. The van der Waals surface area contributed by atoms with Gasteiger partial charge >= 0.3 is 0 Å². The van der Waals surface area contributed by atoms with Gasteiger partial charge in [-0.25, -0.2) is 0 Å². The van der Waals surface area contributed by atoms with Crippen molar-refractivity contribution in [2.75, 3.05) is 38.7 Å². The number of benzene rings is 3. The van der Waals surface area contributed by atoms with Crippen molar-refractivity contribution in [3.8, 4) is 0 Å². The van der Waals surface area contributed by atoms with Gasteiger partial charge in [-0.1, -0.05) is 23.5 Å². The van der Waals surface area contributed by atoms with Crippen LogP contribution in [-0.2, 0) is 0 Å². The van der Waals surface area contributed by atoms with Gasteiger partial charge in [-0.2, -0.15) is 0 Å². The maximum atomic E-state index is 13.0. The minimum atomic E-state index is -0.241. The summed E-state index contributed by atoms with van der Waals surface area (Å²) < 4.78 is 0. The van der Waals surface area contributed by atoms with Gasteiger partial charge in [0, 0.05) is 44.0 Å². The maximum absolute atomic E-state index is 13.0. The first-order chi connectivity index (χ1) is 15.3. The molecule has 4 N–H and O–H groups in total. The molecule has 0 atom stereocenters. The van der Waals surface area contributed by atoms with Crippen molar-refractivity contribution in [1.82, 2.24) is 9.80 Å². The zero-order chi connectivity index (χ0) is 22.8. The van der Waals surface area contributed by atoms with Crippen molar-refractivity contribution in [3.05, 3.63) is 71.8 Å². The van der Waals surface area contributed by atoms with E-state index in [0.717, 1.165) is 19.6 Å². The van der Waals surface area contributed by atoms with E-state index in [0.29, 0.717) is 35.6 Å². The van der Waals surface area contributed by atoms with Crippen molar-refractivity contribution in [3.63, 3.8) is 0 Å². The minimum Gasteiger partial charge on any atom is -0.399 e. The Kier molecular flexibility index (Phi) is 6.45. The predicted octanol–water partition coefficient (Wildman–Crippen LogP) is 4.31. The van der Waals surface area contributed by atoms with E-state index in [1.54, 1.807) is 23.5 Å². The topological polar surface area (TPSA) is 92.7 Å². The van der Waals surface area contributed by atoms with E-state index in [1.165, 1.54) is 4.90 Å². The first kappa shape index (κ1) is 22.3. The molecule has 4 rings (SSSR count). The fourth-order valence-corrected chi connectivity index (χ4v) is 5.26. The molecule has 8 heteroatoms. The third kappa shape index (κ3) is 4.77. The highest BCUT2D eigenvalue weighted by Crippen LogP contribution is 2.42. The van der Waals surface area contributed by atoms with E-state index in [4.69, 9.17) is 11.5 Å². The Morgan fingerprint density at radius 3 is 1.53 bits per heavy atom. The maximum Gasteiger partial charge on any atom is 0.261 e. The summed E-state index contributed by atoms with van der Waals surface area (Å²) in [5.74, 6) is -0.481. The molecule has 0 unspecified atom stereocenters. The van der Waals surface area contributed by atoms with Crippen molar-refractivity contribution < 1.29 is 9.59 Å². The van der Waals surface area contributed by atoms with Crippen molar-refractivity contribution in [1.29, 1.82) is 0 Å². The van der Waals surface area contributed by atoms with Gasteiger partial charge in [-0.05, 0) is 74.8 Å². The molecule has 0 fully saturated rings. The predicted molar refractivity (Wildman–Crippen MR) is 130 cm³/mol. The van der Waals surface area contributed by atoms with E-state index in [2.05, 4.69) is 0 Å². The summed E-state index contributed by atoms with van der Waals surface area (Å²) in [5, 5.41) is 0. The number of hydrogen-bond acceptors (Lipinski definition) is 7. The fourth-order valence-electron chi connectivity index (χ4n) is 3.29. The zero-order valence-electron chi connectivity index (χ0n) is 17.9. The van der Waals surface area contributed by atoms with E-state index in [1.807, 2.05) is 79.7 Å². The lowest BCUT2D eigenvalue weighted by molar-refractivity contribution is 0.0645. The number of carbonyl (C=O) groups excluding carboxylic acids is 2. The Bertz CT molecular complexity index is 1080. The molecule has 2 amide bonds. The summed E-state index contributed by atoms with van der Waals surface area (Å²) >= 11 is 3.09. The molecule has 0 radical (unpaired) electrons. The van der Waals surface area contributed by atoms with Gasteiger partial charge in [0.05, 0.1) is 11.1 Å². The molecule has 3 aromatic carbocycles. The second-order valence-electron chi connectivity index (χ2n) is 7.75. The molecule has 3 aromatic rings. The van der Waals surface area contributed by atoms with Gasteiger partial charge in [-0.15, -0.1) is 0 Å². The average molecular weight is 465 g/mol. The minimum absolute atomic E-state index is 0.241. The number of likely N-dealkylation sites (N-methyl/N-ethyl adjacent to an activating group) is 1. The van der Waals surface area contributed by atoms with Crippen molar-refractivity contribution in [2.45, 2.75) is 19.6 Å². The van der Waals surface area contributed by atoms with Crippen LogP contribution in [-0.4, -0.2) is 48.8 Å². The van der Waals surface area contributed by atoms with E-state index < -0.39 is 0 Å². The Hall–Kier alpha value is -2.94. The molecular formula is C24H24N4O2S2. The van der Waals surface area contributed by atoms with E-state index >= 15 is 0 Å². The fraction of sp³-hybridized carbons (Fsp3) is 0.167. The van der Waals surface area contributed by atoms with Crippen molar-refractivity contribution in [2.24, 2.45) is 0 Å². The van der Waals surface area contributed by atoms with Crippen LogP contribution in [0.4, 0.5) is 11.4 Å². The summed E-state index contributed by atoms with van der Waals surface area (Å²) in [4.78, 5) is 33.1. The average Bonchev–Trinajstić information content (AvgIpc) is 2.99. The molecule has 0 spiro atoms. The van der Waals surface area contributed by atoms with Gasteiger partial charge in [0.2, 0.25) is 0 Å². The SMILES string of the molecule is CN(C)CCN1C(=O)c2cc(Sc3ccc(N)cc3)c(Sc3ccc(N)cc3)cc2C1=O. The van der Waals surface area contributed by atoms with Gasteiger partial charge in [0.25, 0.3) is 11.8 Å². The van der Waals surface area contributed by atoms with Gasteiger partial charge in [0.1, 0.15) is 0 Å². The van der Waals surface area contributed by atoms with E-state index in [-0.39, 0.29) is 11.8 Å². The summed E-state index contributed by atoms with van der Waals surface area (Å²) in [6.07, 6.45) is 0. The molecule has 0 aliphatic carbocycles. The highest BCUT2D eigenvalue weighted by Gasteiger charge is 2.36. The number of nitrogens with zero attached hydrogens (tertiary/aromatic N) is 2. The molecule has 1 heterocycles. The second kappa shape index (κ2) is 9.28. The Morgan fingerprint density at radius 2 is 1.16 bits per heavy atom. The van der Waals surface area contributed by atoms with Crippen LogP contribution >= 0.6 is 23.5 Å². The Labute approximate surface area is 195 Å². The van der Waals surface area contributed by atoms with Crippen molar-refractivity contribution >= 4 is 46.7 Å². The number of rotatable bonds is 7. The quantitative estimate of drug-likeness (QED) is 0.397. The van der Waals surface area contributed by atoms with Crippen LogP contribution in [0.15, 0.2) is 80.2 Å². The summed E-state index contributed by atoms with van der Waals surface area (Å²) in [6.45, 7) is 0.978. The molecule has 0 bridgehead atoms. The lowest BCUT2D eigenvalue weighted by atomic mass is 10.1. The van der Waals surface area contributed by atoms with Crippen LogP contribution in [0.3, 0.4) is 0 Å². The number of hydrogen-bond donors (Lipinski definition) is 2. The number of nitrogens with two attached hydrogens (primary N) is 2. The Balaban J connectivity index is 1.72. The van der Waals surface area contributed by atoms with E-state index in [9.17, 15) is 9.59 Å². The van der Waals surface area contributed by atoms with Gasteiger partial charge < -0.3 is 16.4 Å². The molecule has 0 saturated carbocycles. The lowest BCUT2D eigenvalue weighted by Gasteiger charge is -2.16. The molecule has 1 aliphatic heterocycles. The van der Waals surface area contributed by atoms with Crippen LogP contribution in [0.5, 0.6) is 0 Å². The molecule has 1 aliphatic rings. The molecule has 32 heavy (non-hydrogen) atoms. The highest BCUT2D eigenvalue weighted by molar-refractivity contribution is 8.02. The highest BCUT2D eigenvalue weighted by atomic mass is 32.2. The lowest BCUT2D eigenvalue weighted by Crippen LogP contribution is -2.35. The van der Waals surface area contributed by atoms with Gasteiger partial charge in [-0.3, -0.25) is 14.5 Å². The summed E-state index contributed by atoms with van der Waals surface area (Å²) in [7, 11) is 3.84. The zero-order valence-corrected chi connectivity index (χ0v) is 19.5. The summed E-state index contributed by atoms with van der Waals surface area (Å²) in [5.41, 5.74) is 13.9. The first-order valence-electron chi connectivity index (χ1n) is 10.1. The molecule has 0 saturated heterocycles. The standard InChI is InChI=1S/C24H24N4O2S2/c1-27(2)11-12-28-23(29)19-13-21(31-17-7-3-15(25)4-8-17)22(14-20(19)24(28)30)32-18-9-5-16(26)6-10-18/h3-10,13-14H,11-12,25-26H2,1-2H3. The largest absolute Gasteiger partial charge is 0.399 e. The van der Waals surface area contributed by atoms with Gasteiger partial charge in [0.15, 0.2) is 0 Å². The third-order valence-corrected chi connectivity index (χ3v) is 7.28. The second-order valence-corrected chi connectivity index (χ2v) is 9.98. The smallest absolute Gasteiger partial charge is 0.261 e. The number of carbonyl (C=O) groups is 2. The molecule has 164 valence electrons. The van der Waals surface area contributed by atoms with Crippen LogP contribution < -0.4 is 11.5 Å².